The van der Waals surface area contributed by atoms with E-state index in [1.54, 1.807) is 0 Å². The first kappa shape index (κ1) is 20.6. The maximum absolute atomic E-state index is 13.2. The van der Waals surface area contributed by atoms with Crippen LogP contribution in [-0.4, -0.2) is 44.6 Å². The summed E-state index contributed by atoms with van der Waals surface area (Å²) < 4.78 is 1.46. The number of nitrogens with zero attached hydrogens (tertiary/aromatic N) is 1. The van der Waals surface area contributed by atoms with E-state index in [0.29, 0.717) is 40.4 Å². The number of hydrogen-bond acceptors (Lipinski definition) is 2. The third kappa shape index (κ3) is 4.17. The quantitative estimate of drug-likeness (QED) is 0.506. The Kier molecular flexibility index (Phi) is 6.81. The predicted molar refractivity (Wildman–Crippen MR) is 111 cm³/mol. The van der Waals surface area contributed by atoms with Crippen LogP contribution in [0.4, 0.5) is 0 Å². The monoisotopic (exact) mass is 435 g/mol. The Bertz CT molecular complexity index is 658. The number of rotatable bonds is 6. The molecule has 2 fully saturated rings. The van der Waals surface area contributed by atoms with Gasteiger partial charge in [-0.15, -0.1) is 0 Å². The summed E-state index contributed by atoms with van der Waals surface area (Å²) in [5.41, 5.74) is 0.135. The van der Waals surface area contributed by atoms with E-state index in [9.17, 15) is 9.59 Å². The van der Waals surface area contributed by atoms with Gasteiger partial charge >= 0.3 is 170 Å². The van der Waals surface area contributed by atoms with Crippen molar-refractivity contribution in [3.05, 3.63) is 30.3 Å². The molecule has 0 saturated heterocycles. The summed E-state index contributed by atoms with van der Waals surface area (Å²) in [6.45, 7) is 7.81. The van der Waals surface area contributed by atoms with Crippen molar-refractivity contribution in [2.45, 2.75) is 58.2 Å². The van der Waals surface area contributed by atoms with E-state index >= 15 is 0 Å². The zero-order valence-electron chi connectivity index (χ0n) is 16.9. The first-order chi connectivity index (χ1) is 13.0. The molecule has 1 aromatic carbocycles. The fraction of sp³-hybridized carbons (Fsp3) is 0.652. The van der Waals surface area contributed by atoms with Gasteiger partial charge in [-0.2, -0.15) is 0 Å². The van der Waals surface area contributed by atoms with Gasteiger partial charge in [0.2, 0.25) is 0 Å². The Balaban J connectivity index is 1.79. The second-order valence-corrected chi connectivity index (χ2v) is 10.6. The molecule has 4 atom stereocenters. The van der Waals surface area contributed by atoms with Gasteiger partial charge in [0, 0.05) is 0 Å². The third-order valence-corrected chi connectivity index (χ3v) is 9.51. The van der Waals surface area contributed by atoms with Gasteiger partial charge in [-0.25, -0.2) is 0 Å². The fourth-order valence-corrected chi connectivity index (χ4v) is 7.99. The molecule has 0 aliphatic heterocycles. The van der Waals surface area contributed by atoms with Gasteiger partial charge < -0.3 is 0 Å². The van der Waals surface area contributed by atoms with Crippen molar-refractivity contribution in [2.75, 3.05) is 13.1 Å². The Labute approximate surface area is 170 Å². The molecule has 27 heavy (non-hydrogen) atoms. The van der Waals surface area contributed by atoms with Gasteiger partial charge in [-0.1, -0.05) is 0 Å². The number of Topliss-reactive ketones (excluding diaryl/α,β-unsaturated/α-hetero) is 1. The van der Waals surface area contributed by atoms with Crippen molar-refractivity contribution in [3.63, 3.8) is 0 Å². The fourth-order valence-electron chi connectivity index (χ4n) is 5.28. The second-order valence-electron chi connectivity index (χ2n) is 8.32. The molecule has 1 aromatic rings. The van der Waals surface area contributed by atoms with Crippen LogP contribution >= 0.6 is 0 Å². The summed E-state index contributed by atoms with van der Waals surface area (Å²) in [5, 5.41) is 1.23. The number of fused-ring (bicyclic) bond motifs is 1. The topological polar surface area (TPSA) is 37.4 Å². The van der Waals surface area contributed by atoms with Crippen LogP contribution in [0.3, 0.4) is 0 Å². The van der Waals surface area contributed by atoms with Crippen LogP contribution in [-0.2, 0) is 9.59 Å². The standard InChI is InChI=1S/C23H33NO2Se/c1-4-24(5-2)22(26)21-19-13-9-10-17(23(19,3)15-14-20(21)25)16-27-18-11-7-6-8-12-18/h6-8,11-12,17,19,21H,4-5,9-10,13-16H2,1-3H3/t17-,19+,21+,23-/m1/s1. The number of benzene rings is 1. The van der Waals surface area contributed by atoms with Gasteiger partial charge in [-0.3, -0.25) is 0 Å². The molecule has 0 aromatic heterocycles. The van der Waals surface area contributed by atoms with E-state index in [1.807, 2.05) is 18.7 Å². The van der Waals surface area contributed by atoms with Crippen LogP contribution in [0, 0.1) is 23.2 Å². The Hall–Kier alpha value is -1.12. The van der Waals surface area contributed by atoms with Crippen molar-refractivity contribution in [1.82, 2.24) is 4.90 Å². The first-order valence-electron chi connectivity index (χ1n) is 10.5. The second kappa shape index (κ2) is 8.92. The SMILES string of the molecule is CCN(CC)C(=O)[C@@H]1C(=O)CC[C@]2(C)[C@@H](C[Se]c3ccccc3)CCC[C@@H]12. The van der Waals surface area contributed by atoms with Crippen molar-refractivity contribution in [2.24, 2.45) is 23.2 Å². The average molecular weight is 434 g/mol. The molecule has 2 aliphatic rings. The summed E-state index contributed by atoms with van der Waals surface area (Å²) in [4.78, 5) is 27.8. The minimum atomic E-state index is -0.393. The Morgan fingerprint density at radius 3 is 2.56 bits per heavy atom. The van der Waals surface area contributed by atoms with E-state index in [1.165, 1.54) is 16.2 Å². The summed E-state index contributed by atoms with van der Waals surface area (Å²) in [6.07, 6.45) is 5.00. The normalized spacial score (nSPS) is 30.6. The average Bonchev–Trinajstić information content (AvgIpc) is 2.68. The van der Waals surface area contributed by atoms with Crippen molar-refractivity contribution in [3.8, 4) is 0 Å². The molecule has 3 rings (SSSR count). The van der Waals surface area contributed by atoms with Gasteiger partial charge in [0.25, 0.3) is 0 Å². The van der Waals surface area contributed by atoms with Crippen molar-refractivity contribution < 1.29 is 9.59 Å². The molecule has 2 aliphatic carbocycles. The number of carbonyl (C=O) groups is 2. The Morgan fingerprint density at radius 2 is 1.89 bits per heavy atom. The molecule has 0 unspecified atom stereocenters. The van der Waals surface area contributed by atoms with E-state index < -0.39 is 5.92 Å². The van der Waals surface area contributed by atoms with Crippen LogP contribution in [0.1, 0.15) is 52.9 Å². The molecule has 0 bridgehead atoms. The zero-order valence-corrected chi connectivity index (χ0v) is 18.7. The number of amides is 1. The summed E-state index contributed by atoms with van der Waals surface area (Å²) in [5.74, 6) is 0.767. The molecule has 3 nitrogen and oxygen atoms in total. The molecule has 0 heterocycles. The van der Waals surface area contributed by atoms with E-state index in [-0.39, 0.29) is 23.0 Å². The molecule has 2 saturated carbocycles. The van der Waals surface area contributed by atoms with Gasteiger partial charge in [-0.05, 0) is 0 Å². The van der Waals surface area contributed by atoms with Gasteiger partial charge in [0.1, 0.15) is 0 Å². The van der Waals surface area contributed by atoms with Crippen molar-refractivity contribution >= 4 is 31.1 Å². The summed E-state index contributed by atoms with van der Waals surface area (Å²) in [6, 6.07) is 10.8. The van der Waals surface area contributed by atoms with Gasteiger partial charge in [0.05, 0.1) is 0 Å². The van der Waals surface area contributed by atoms with Crippen LogP contribution in [0.5, 0.6) is 0 Å². The zero-order chi connectivity index (χ0) is 19.4. The third-order valence-electron chi connectivity index (χ3n) is 7.04. The summed E-state index contributed by atoms with van der Waals surface area (Å²) in [7, 11) is 0. The van der Waals surface area contributed by atoms with Gasteiger partial charge in [0.15, 0.2) is 0 Å². The predicted octanol–water partition coefficient (Wildman–Crippen LogP) is 3.70. The molecule has 4 heteroatoms. The first-order valence-corrected chi connectivity index (χ1v) is 12.6. The number of carbonyl (C=O) groups excluding carboxylic acids is 2. The Morgan fingerprint density at radius 1 is 1.19 bits per heavy atom. The van der Waals surface area contributed by atoms with Crippen LogP contribution in [0.25, 0.3) is 0 Å². The molecule has 148 valence electrons. The van der Waals surface area contributed by atoms with E-state index in [0.717, 1.165) is 19.3 Å². The number of hydrogen-bond donors (Lipinski definition) is 0. The van der Waals surface area contributed by atoms with E-state index in [2.05, 4.69) is 37.3 Å². The molecular formula is C23H33NO2Se. The molecular weight excluding hydrogens is 401 g/mol. The molecule has 1 amide bonds. The molecule has 0 N–H and O–H groups in total. The van der Waals surface area contributed by atoms with E-state index in [4.69, 9.17) is 0 Å². The van der Waals surface area contributed by atoms with Crippen molar-refractivity contribution in [1.29, 1.82) is 0 Å². The van der Waals surface area contributed by atoms with Crippen LogP contribution in [0.15, 0.2) is 30.3 Å². The maximum atomic E-state index is 13.2. The summed E-state index contributed by atoms with van der Waals surface area (Å²) >= 11 is 0.469. The van der Waals surface area contributed by atoms with Crippen LogP contribution in [0.2, 0.25) is 5.32 Å². The molecule has 0 radical (unpaired) electrons. The molecule has 0 spiro atoms. The minimum absolute atomic E-state index is 0.0927. The van der Waals surface area contributed by atoms with Crippen LogP contribution < -0.4 is 4.46 Å². The number of ketones is 1.